The van der Waals surface area contributed by atoms with Crippen LogP contribution in [0.2, 0.25) is 0 Å². The number of rotatable bonds is 7. The van der Waals surface area contributed by atoms with Crippen LogP contribution in [-0.4, -0.2) is 48.8 Å². The lowest BCUT2D eigenvalue weighted by molar-refractivity contribution is -0.135. The molecule has 2 aromatic carbocycles. The van der Waals surface area contributed by atoms with Gasteiger partial charge in [-0.3, -0.25) is 4.79 Å². The van der Waals surface area contributed by atoms with Crippen molar-refractivity contribution in [3.05, 3.63) is 81.5 Å². The van der Waals surface area contributed by atoms with E-state index in [9.17, 15) is 13.2 Å². The van der Waals surface area contributed by atoms with Crippen molar-refractivity contribution in [2.24, 2.45) is 0 Å². The minimum absolute atomic E-state index is 0.189. The Hall–Kier alpha value is -2.68. The maximum absolute atomic E-state index is 13.8. The second-order valence-corrected chi connectivity index (χ2v) is 13.1. The molecule has 0 spiro atoms. The lowest BCUT2D eigenvalue weighted by Gasteiger charge is -2.39. The minimum Gasteiger partial charge on any atom is -0.491 e. The molecule has 0 N–H and O–H groups in total. The molecule has 0 bridgehead atoms. The van der Waals surface area contributed by atoms with Crippen LogP contribution < -0.4 is 4.74 Å². The van der Waals surface area contributed by atoms with E-state index >= 15 is 0 Å². The summed E-state index contributed by atoms with van der Waals surface area (Å²) in [6.07, 6.45) is 0.750. The number of benzene rings is 2. The van der Waals surface area contributed by atoms with E-state index in [0.717, 1.165) is 28.9 Å². The molecule has 0 saturated heterocycles. The van der Waals surface area contributed by atoms with E-state index in [1.807, 2.05) is 70.3 Å². The number of carbonyl (C=O) groups is 1. The third-order valence-corrected chi connectivity index (χ3v) is 9.60. The summed E-state index contributed by atoms with van der Waals surface area (Å²) in [5, 5.41) is 2.04. The fourth-order valence-corrected chi connectivity index (χ4v) is 7.08. The Morgan fingerprint density at radius 1 is 1.03 bits per heavy atom. The molecule has 2 heterocycles. The Labute approximate surface area is 218 Å². The van der Waals surface area contributed by atoms with Crippen molar-refractivity contribution in [2.45, 2.75) is 57.5 Å². The molecule has 8 heteroatoms. The van der Waals surface area contributed by atoms with Crippen LogP contribution in [0.5, 0.6) is 5.75 Å². The molecule has 36 heavy (non-hydrogen) atoms. The van der Waals surface area contributed by atoms with Crippen molar-refractivity contribution in [3.8, 4) is 5.75 Å². The standard InChI is InChI=1S/C28H34N2O4S2/c1-20-6-10-22(11-7-20)34-19-25-24-15-17-35-26(24)14-16-29(25)27(31)18-30(28(3,4)5)36(32,33)23-12-8-21(2)9-13-23/h6-13,15,17,25H,14,16,18-19H2,1-5H3. The monoisotopic (exact) mass is 526 g/mol. The summed E-state index contributed by atoms with van der Waals surface area (Å²) >= 11 is 1.69. The summed E-state index contributed by atoms with van der Waals surface area (Å²) in [5.74, 6) is 0.517. The van der Waals surface area contributed by atoms with E-state index in [4.69, 9.17) is 4.74 Å². The normalized spacial score (nSPS) is 16.2. The van der Waals surface area contributed by atoms with Crippen molar-refractivity contribution in [2.75, 3.05) is 19.7 Å². The fourth-order valence-electron chi connectivity index (χ4n) is 4.42. The number of sulfonamides is 1. The number of hydrogen-bond donors (Lipinski definition) is 0. The molecule has 0 saturated carbocycles. The van der Waals surface area contributed by atoms with E-state index in [1.54, 1.807) is 40.5 Å². The van der Waals surface area contributed by atoms with Gasteiger partial charge < -0.3 is 9.64 Å². The van der Waals surface area contributed by atoms with E-state index < -0.39 is 15.6 Å². The van der Waals surface area contributed by atoms with E-state index in [2.05, 4.69) is 0 Å². The molecule has 1 aliphatic heterocycles. The minimum atomic E-state index is -3.88. The first-order valence-corrected chi connectivity index (χ1v) is 14.4. The first kappa shape index (κ1) is 26.4. The van der Waals surface area contributed by atoms with E-state index in [1.165, 1.54) is 9.18 Å². The molecule has 1 aromatic heterocycles. The average molecular weight is 527 g/mol. The fraction of sp³-hybridized carbons (Fsp3) is 0.393. The Kier molecular flexibility index (Phi) is 7.59. The zero-order valence-electron chi connectivity index (χ0n) is 21.5. The van der Waals surface area contributed by atoms with Gasteiger partial charge in [0.1, 0.15) is 12.4 Å². The number of hydrogen-bond acceptors (Lipinski definition) is 5. The van der Waals surface area contributed by atoms with Crippen LogP contribution in [0, 0.1) is 13.8 Å². The molecule has 0 aliphatic carbocycles. The molecule has 1 amide bonds. The highest BCUT2D eigenvalue weighted by molar-refractivity contribution is 7.89. The van der Waals surface area contributed by atoms with Gasteiger partial charge in [-0.15, -0.1) is 11.3 Å². The Balaban J connectivity index is 1.59. The summed E-state index contributed by atoms with van der Waals surface area (Å²) in [5.41, 5.74) is 2.42. The Morgan fingerprint density at radius 2 is 1.64 bits per heavy atom. The molecule has 4 rings (SSSR count). The molecular formula is C28H34N2O4S2. The van der Waals surface area contributed by atoms with Gasteiger partial charge in [0.2, 0.25) is 15.9 Å². The van der Waals surface area contributed by atoms with Crippen LogP contribution in [0.25, 0.3) is 0 Å². The molecule has 1 atom stereocenters. The van der Waals surface area contributed by atoms with Gasteiger partial charge in [0.15, 0.2) is 0 Å². The average Bonchev–Trinajstić information content (AvgIpc) is 3.30. The van der Waals surface area contributed by atoms with Crippen molar-refractivity contribution >= 4 is 27.3 Å². The van der Waals surface area contributed by atoms with Gasteiger partial charge in [-0.05, 0) is 82.3 Å². The van der Waals surface area contributed by atoms with Gasteiger partial charge in [0, 0.05) is 17.0 Å². The van der Waals surface area contributed by atoms with Crippen LogP contribution in [0.3, 0.4) is 0 Å². The van der Waals surface area contributed by atoms with E-state index in [-0.39, 0.29) is 23.4 Å². The number of amides is 1. The summed E-state index contributed by atoms with van der Waals surface area (Å²) in [6, 6.07) is 16.4. The number of aryl methyl sites for hydroxylation is 2. The lowest BCUT2D eigenvalue weighted by atomic mass is 10.00. The summed E-state index contributed by atoms with van der Waals surface area (Å²) in [7, 11) is -3.88. The van der Waals surface area contributed by atoms with E-state index in [0.29, 0.717) is 13.2 Å². The smallest absolute Gasteiger partial charge is 0.244 e. The highest BCUT2D eigenvalue weighted by Crippen LogP contribution is 2.35. The van der Waals surface area contributed by atoms with Gasteiger partial charge in [0.25, 0.3) is 0 Å². The first-order valence-electron chi connectivity index (χ1n) is 12.1. The molecule has 1 aliphatic rings. The second-order valence-electron chi connectivity index (χ2n) is 10.3. The third kappa shape index (κ3) is 5.66. The highest BCUT2D eigenvalue weighted by atomic mass is 32.2. The molecule has 0 radical (unpaired) electrons. The van der Waals surface area contributed by atoms with Crippen LogP contribution in [0.1, 0.15) is 48.4 Å². The van der Waals surface area contributed by atoms with Gasteiger partial charge in [-0.2, -0.15) is 4.31 Å². The predicted octanol–water partition coefficient (Wildman–Crippen LogP) is 5.36. The van der Waals surface area contributed by atoms with Crippen LogP contribution in [-0.2, 0) is 21.2 Å². The molecule has 0 fully saturated rings. The van der Waals surface area contributed by atoms with Gasteiger partial charge >= 0.3 is 0 Å². The number of carbonyl (C=O) groups excluding carboxylic acids is 1. The molecular weight excluding hydrogens is 492 g/mol. The zero-order chi connectivity index (χ0) is 26.1. The summed E-state index contributed by atoms with van der Waals surface area (Å²) < 4.78 is 34.7. The molecule has 192 valence electrons. The Morgan fingerprint density at radius 3 is 2.25 bits per heavy atom. The SMILES string of the molecule is Cc1ccc(OCC2c3ccsc3CCN2C(=O)CN(C(C)(C)C)S(=O)(=O)c2ccc(C)cc2)cc1. The van der Waals surface area contributed by atoms with Gasteiger partial charge in [-0.1, -0.05) is 35.4 Å². The first-order chi connectivity index (χ1) is 17.0. The molecule has 6 nitrogen and oxygen atoms in total. The van der Waals surface area contributed by atoms with Gasteiger partial charge in [-0.25, -0.2) is 8.42 Å². The van der Waals surface area contributed by atoms with Crippen molar-refractivity contribution in [3.63, 3.8) is 0 Å². The lowest BCUT2D eigenvalue weighted by Crippen LogP contribution is -2.52. The number of nitrogens with zero attached hydrogens (tertiary/aromatic N) is 2. The van der Waals surface area contributed by atoms with Crippen molar-refractivity contribution in [1.82, 2.24) is 9.21 Å². The van der Waals surface area contributed by atoms with Crippen LogP contribution >= 0.6 is 11.3 Å². The van der Waals surface area contributed by atoms with Gasteiger partial charge in [0.05, 0.1) is 17.5 Å². The number of fused-ring (bicyclic) bond motifs is 1. The maximum Gasteiger partial charge on any atom is 0.244 e. The summed E-state index contributed by atoms with van der Waals surface area (Å²) in [4.78, 5) is 17.0. The Bertz CT molecular complexity index is 1310. The van der Waals surface area contributed by atoms with Crippen molar-refractivity contribution in [1.29, 1.82) is 0 Å². The van der Waals surface area contributed by atoms with Crippen molar-refractivity contribution < 1.29 is 17.9 Å². The molecule has 3 aromatic rings. The van der Waals surface area contributed by atoms with Crippen LogP contribution in [0.4, 0.5) is 0 Å². The number of ether oxygens (including phenoxy) is 1. The maximum atomic E-state index is 13.8. The summed E-state index contributed by atoms with van der Waals surface area (Å²) in [6.45, 7) is 9.98. The third-order valence-electron chi connectivity index (χ3n) is 6.48. The quantitative estimate of drug-likeness (QED) is 0.416. The largest absolute Gasteiger partial charge is 0.491 e. The predicted molar refractivity (Wildman–Crippen MR) is 144 cm³/mol. The zero-order valence-corrected chi connectivity index (χ0v) is 23.2. The second kappa shape index (κ2) is 10.4. The number of thiophene rings is 1. The molecule has 1 unspecified atom stereocenters. The highest BCUT2D eigenvalue weighted by Gasteiger charge is 2.39. The topological polar surface area (TPSA) is 66.9 Å². The van der Waals surface area contributed by atoms with Crippen LogP contribution in [0.15, 0.2) is 64.9 Å².